The molecule has 1 aliphatic carbocycles. The molecule has 0 radical (unpaired) electrons. The van der Waals surface area contributed by atoms with Crippen LogP contribution in [-0.4, -0.2) is 11.2 Å². The van der Waals surface area contributed by atoms with Gasteiger partial charge in [0.15, 0.2) is 0 Å². The Morgan fingerprint density at radius 2 is 1.84 bits per heavy atom. The van der Waals surface area contributed by atoms with E-state index in [2.05, 4.69) is 42.7 Å². The van der Waals surface area contributed by atoms with Crippen molar-refractivity contribution < 1.29 is 5.11 Å². The fraction of sp³-hybridized carbons (Fsp3) is 0.529. The van der Waals surface area contributed by atoms with Crippen LogP contribution >= 0.6 is 11.8 Å². The molecular weight excluding hydrogens is 252 g/mol. The molecule has 1 nitrogen and oxygen atoms in total. The molecule has 1 fully saturated rings. The summed E-state index contributed by atoms with van der Waals surface area (Å²) in [6.07, 6.45) is 8.30. The van der Waals surface area contributed by atoms with Gasteiger partial charge in [-0.25, -0.2) is 0 Å². The zero-order valence-corrected chi connectivity index (χ0v) is 12.5. The van der Waals surface area contributed by atoms with Gasteiger partial charge in [-0.1, -0.05) is 62.2 Å². The van der Waals surface area contributed by atoms with Gasteiger partial charge in [0.1, 0.15) is 0 Å². The molecule has 0 aliphatic heterocycles. The lowest BCUT2D eigenvalue weighted by atomic mass is 9.81. The summed E-state index contributed by atoms with van der Waals surface area (Å²) in [5, 5.41) is 12.5. The number of aliphatic hydroxyl groups is 1. The van der Waals surface area contributed by atoms with Crippen LogP contribution in [0, 0.1) is 11.8 Å². The topological polar surface area (TPSA) is 20.2 Å². The SMILES string of the molecule is C[C@H](/C=C\Sc1ccccc1)[C@@H](O)C1CCCCC1. The third-order valence-corrected chi connectivity index (χ3v) is 4.84. The summed E-state index contributed by atoms with van der Waals surface area (Å²) in [6.45, 7) is 2.13. The fourth-order valence-electron chi connectivity index (χ4n) is 2.76. The smallest absolute Gasteiger partial charge is 0.0628 e. The van der Waals surface area contributed by atoms with Gasteiger partial charge < -0.3 is 5.11 Å². The Labute approximate surface area is 121 Å². The van der Waals surface area contributed by atoms with Gasteiger partial charge in [-0.05, 0) is 36.3 Å². The van der Waals surface area contributed by atoms with Gasteiger partial charge >= 0.3 is 0 Å². The summed E-state index contributed by atoms with van der Waals surface area (Å²) >= 11 is 1.72. The van der Waals surface area contributed by atoms with Crippen molar-refractivity contribution in [3.05, 3.63) is 41.8 Å². The molecule has 2 heteroatoms. The summed E-state index contributed by atoms with van der Waals surface area (Å²) in [7, 11) is 0. The second kappa shape index (κ2) is 7.76. The van der Waals surface area contributed by atoms with Crippen molar-refractivity contribution in [1.82, 2.24) is 0 Å². The zero-order valence-electron chi connectivity index (χ0n) is 11.7. The van der Waals surface area contributed by atoms with Crippen LogP contribution in [0.1, 0.15) is 39.0 Å². The average Bonchev–Trinajstić information content (AvgIpc) is 2.48. The monoisotopic (exact) mass is 276 g/mol. The predicted octanol–water partition coefficient (Wildman–Crippen LogP) is 4.87. The maximum atomic E-state index is 10.4. The lowest BCUT2D eigenvalue weighted by molar-refractivity contribution is 0.0557. The molecule has 1 saturated carbocycles. The van der Waals surface area contributed by atoms with Gasteiger partial charge in [0, 0.05) is 10.8 Å². The van der Waals surface area contributed by atoms with Gasteiger partial charge in [0.05, 0.1) is 6.10 Å². The molecule has 0 spiro atoms. The van der Waals surface area contributed by atoms with E-state index in [9.17, 15) is 5.11 Å². The highest BCUT2D eigenvalue weighted by Gasteiger charge is 2.24. The molecule has 0 aromatic heterocycles. The van der Waals surface area contributed by atoms with E-state index in [1.807, 2.05) is 6.07 Å². The molecule has 1 aromatic rings. The number of aliphatic hydroxyl groups excluding tert-OH is 1. The molecular formula is C17H24OS. The quantitative estimate of drug-likeness (QED) is 0.774. The molecule has 19 heavy (non-hydrogen) atoms. The van der Waals surface area contributed by atoms with Crippen LogP contribution in [0.5, 0.6) is 0 Å². The van der Waals surface area contributed by atoms with Crippen LogP contribution in [0.15, 0.2) is 46.7 Å². The Morgan fingerprint density at radius 1 is 1.16 bits per heavy atom. The standard InChI is InChI=1S/C17H24OS/c1-14(17(18)15-8-4-2-5-9-15)12-13-19-16-10-6-3-7-11-16/h3,6-7,10-15,17-18H,2,4-5,8-9H2,1H3/b13-12-/t14-,17-/m1/s1. The molecule has 0 heterocycles. The Hall–Kier alpha value is -0.730. The lowest BCUT2D eigenvalue weighted by Crippen LogP contribution is -2.28. The van der Waals surface area contributed by atoms with Gasteiger partial charge in [0.2, 0.25) is 0 Å². The molecule has 1 aromatic carbocycles. The second-order valence-corrected chi connectivity index (χ2v) is 6.49. The minimum absolute atomic E-state index is 0.173. The van der Waals surface area contributed by atoms with Crippen molar-refractivity contribution in [3.63, 3.8) is 0 Å². The molecule has 2 atom stereocenters. The van der Waals surface area contributed by atoms with Crippen molar-refractivity contribution in [1.29, 1.82) is 0 Å². The van der Waals surface area contributed by atoms with Gasteiger partial charge in [-0.3, -0.25) is 0 Å². The summed E-state index contributed by atoms with van der Waals surface area (Å²) in [4.78, 5) is 1.25. The first-order valence-electron chi connectivity index (χ1n) is 7.34. The maximum Gasteiger partial charge on any atom is 0.0628 e. The predicted molar refractivity (Wildman–Crippen MR) is 83.2 cm³/mol. The van der Waals surface area contributed by atoms with Crippen LogP contribution in [0.25, 0.3) is 0 Å². The molecule has 0 saturated heterocycles. The van der Waals surface area contributed by atoms with Crippen molar-refractivity contribution in [2.75, 3.05) is 0 Å². The van der Waals surface area contributed by atoms with Crippen molar-refractivity contribution in [3.8, 4) is 0 Å². The van der Waals surface area contributed by atoms with E-state index in [0.717, 1.165) is 0 Å². The number of hydrogen-bond donors (Lipinski definition) is 1. The highest BCUT2D eigenvalue weighted by molar-refractivity contribution is 8.02. The first-order valence-corrected chi connectivity index (χ1v) is 8.22. The van der Waals surface area contributed by atoms with E-state index in [-0.39, 0.29) is 12.0 Å². The van der Waals surface area contributed by atoms with Gasteiger partial charge in [-0.15, -0.1) is 0 Å². The third kappa shape index (κ3) is 4.70. The van der Waals surface area contributed by atoms with Crippen molar-refractivity contribution in [2.24, 2.45) is 11.8 Å². The first kappa shape index (κ1) is 14.7. The Morgan fingerprint density at radius 3 is 2.53 bits per heavy atom. The number of hydrogen-bond acceptors (Lipinski definition) is 2. The summed E-state index contributed by atoms with van der Waals surface area (Å²) in [5.41, 5.74) is 0. The number of rotatable bonds is 5. The van der Waals surface area contributed by atoms with E-state index >= 15 is 0 Å². The van der Waals surface area contributed by atoms with Crippen LogP contribution < -0.4 is 0 Å². The van der Waals surface area contributed by atoms with Gasteiger partial charge in [0.25, 0.3) is 0 Å². The first-order chi connectivity index (χ1) is 9.27. The van der Waals surface area contributed by atoms with E-state index in [4.69, 9.17) is 0 Å². The minimum Gasteiger partial charge on any atom is -0.392 e. The molecule has 1 aliphatic rings. The lowest BCUT2D eigenvalue weighted by Gasteiger charge is -2.29. The van der Waals surface area contributed by atoms with E-state index in [1.165, 1.54) is 37.0 Å². The van der Waals surface area contributed by atoms with E-state index < -0.39 is 0 Å². The summed E-state index contributed by atoms with van der Waals surface area (Å²) in [6, 6.07) is 10.4. The summed E-state index contributed by atoms with van der Waals surface area (Å²) < 4.78 is 0. The van der Waals surface area contributed by atoms with Crippen LogP contribution in [-0.2, 0) is 0 Å². The van der Waals surface area contributed by atoms with Crippen LogP contribution in [0.4, 0.5) is 0 Å². The van der Waals surface area contributed by atoms with E-state index in [1.54, 1.807) is 11.8 Å². The van der Waals surface area contributed by atoms with Crippen LogP contribution in [0.2, 0.25) is 0 Å². The molecule has 0 bridgehead atoms. The molecule has 0 amide bonds. The largest absolute Gasteiger partial charge is 0.392 e. The Kier molecular flexibility index (Phi) is 5.99. The van der Waals surface area contributed by atoms with Gasteiger partial charge in [-0.2, -0.15) is 0 Å². The third-order valence-electron chi connectivity index (χ3n) is 4.00. The van der Waals surface area contributed by atoms with Crippen LogP contribution in [0.3, 0.4) is 0 Å². The number of thioether (sulfide) groups is 1. The normalized spacial score (nSPS) is 20.5. The minimum atomic E-state index is -0.173. The second-order valence-electron chi connectivity index (χ2n) is 5.51. The average molecular weight is 276 g/mol. The highest BCUT2D eigenvalue weighted by Crippen LogP contribution is 2.30. The molecule has 0 unspecified atom stereocenters. The zero-order chi connectivity index (χ0) is 13.5. The van der Waals surface area contributed by atoms with E-state index in [0.29, 0.717) is 5.92 Å². The van der Waals surface area contributed by atoms with Crippen molar-refractivity contribution >= 4 is 11.8 Å². The molecule has 2 rings (SSSR count). The highest BCUT2D eigenvalue weighted by atomic mass is 32.2. The molecule has 104 valence electrons. The van der Waals surface area contributed by atoms with Crippen molar-refractivity contribution in [2.45, 2.75) is 50.0 Å². The Bertz CT molecular complexity index is 382. The summed E-state index contributed by atoms with van der Waals surface area (Å²) in [5.74, 6) is 0.759. The maximum absolute atomic E-state index is 10.4. The number of benzene rings is 1. The Balaban J connectivity index is 1.80. The fourth-order valence-corrected chi connectivity index (χ4v) is 3.56. The molecule has 1 N–H and O–H groups in total.